The molecule has 0 heterocycles. The average Bonchev–Trinajstić information content (AvgIpc) is 2.09. The van der Waals surface area contributed by atoms with E-state index in [2.05, 4.69) is 15.9 Å². The molecule has 4 heteroatoms. The predicted octanol–water partition coefficient (Wildman–Crippen LogP) is 1.61. The molecule has 0 radical (unpaired) electrons. The zero-order valence-electron chi connectivity index (χ0n) is 6.77. The van der Waals surface area contributed by atoms with E-state index in [0.717, 1.165) is 4.47 Å². The molecule has 2 N–H and O–H groups in total. The van der Waals surface area contributed by atoms with Crippen LogP contribution in [0.4, 0.5) is 0 Å². The minimum Gasteiger partial charge on any atom is -0.481 e. The third-order valence-corrected chi connectivity index (χ3v) is 2.28. The number of carboxylic acid groups (broad SMARTS) is 1. The SMILES string of the molecule is O=C(O)[C@@H](CO)c1ccc(Br)cc1. The van der Waals surface area contributed by atoms with Crippen molar-refractivity contribution < 1.29 is 15.0 Å². The first-order valence-corrected chi connectivity index (χ1v) is 4.53. The first kappa shape index (κ1) is 10.2. The average molecular weight is 245 g/mol. The molecule has 3 nitrogen and oxygen atoms in total. The second kappa shape index (κ2) is 4.39. The molecule has 1 aromatic carbocycles. The number of carbonyl (C=O) groups is 1. The van der Waals surface area contributed by atoms with Crippen molar-refractivity contribution in [2.45, 2.75) is 5.92 Å². The first-order valence-electron chi connectivity index (χ1n) is 3.74. The van der Waals surface area contributed by atoms with Gasteiger partial charge >= 0.3 is 5.97 Å². The van der Waals surface area contributed by atoms with Gasteiger partial charge in [-0.05, 0) is 17.7 Å². The van der Waals surface area contributed by atoms with Gasteiger partial charge in [0.15, 0.2) is 0 Å². The van der Waals surface area contributed by atoms with Crippen molar-refractivity contribution in [2.75, 3.05) is 6.61 Å². The maximum Gasteiger partial charge on any atom is 0.313 e. The van der Waals surface area contributed by atoms with E-state index in [1.54, 1.807) is 24.3 Å². The number of aliphatic hydroxyl groups is 1. The van der Waals surface area contributed by atoms with Gasteiger partial charge in [0.05, 0.1) is 6.61 Å². The van der Waals surface area contributed by atoms with E-state index in [1.165, 1.54) is 0 Å². The van der Waals surface area contributed by atoms with Crippen molar-refractivity contribution in [3.8, 4) is 0 Å². The monoisotopic (exact) mass is 244 g/mol. The molecule has 0 unspecified atom stereocenters. The topological polar surface area (TPSA) is 57.5 Å². The molecule has 1 aromatic rings. The maximum atomic E-state index is 10.6. The van der Waals surface area contributed by atoms with Gasteiger partial charge in [0.25, 0.3) is 0 Å². The van der Waals surface area contributed by atoms with Gasteiger partial charge in [-0.25, -0.2) is 0 Å². The van der Waals surface area contributed by atoms with E-state index in [9.17, 15) is 4.79 Å². The molecule has 0 amide bonds. The van der Waals surface area contributed by atoms with Crippen molar-refractivity contribution in [2.24, 2.45) is 0 Å². The summed E-state index contributed by atoms with van der Waals surface area (Å²) in [5, 5.41) is 17.6. The lowest BCUT2D eigenvalue weighted by atomic mass is 10.0. The number of hydrogen-bond acceptors (Lipinski definition) is 2. The summed E-state index contributed by atoms with van der Waals surface area (Å²) in [6, 6.07) is 6.86. The van der Waals surface area contributed by atoms with Crippen LogP contribution in [0.2, 0.25) is 0 Å². The van der Waals surface area contributed by atoms with Crippen LogP contribution < -0.4 is 0 Å². The molecule has 0 fully saturated rings. The summed E-state index contributed by atoms with van der Waals surface area (Å²) in [6.07, 6.45) is 0. The summed E-state index contributed by atoms with van der Waals surface area (Å²) in [5.74, 6) is -1.84. The smallest absolute Gasteiger partial charge is 0.313 e. The van der Waals surface area contributed by atoms with Crippen molar-refractivity contribution in [1.29, 1.82) is 0 Å². The quantitative estimate of drug-likeness (QED) is 0.850. The third kappa shape index (κ3) is 2.54. The summed E-state index contributed by atoms with van der Waals surface area (Å²) in [6.45, 7) is -0.378. The molecular weight excluding hydrogens is 236 g/mol. The molecule has 0 saturated carbocycles. The summed E-state index contributed by atoms with van der Waals surface area (Å²) in [5.41, 5.74) is 0.609. The van der Waals surface area contributed by atoms with Gasteiger partial charge in [0.1, 0.15) is 5.92 Å². The van der Waals surface area contributed by atoms with Crippen LogP contribution in [0.3, 0.4) is 0 Å². The fraction of sp³-hybridized carbons (Fsp3) is 0.222. The Kier molecular flexibility index (Phi) is 3.45. The van der Waals surface area contributed by atoms with E-state index >= 15 is 0 Å². The van der Waals surface area contributed by atoms with E-state index in [-0.39, 0.29) is 6.61 Å². The van der Waals surface area contributed by atoms with Crippen LogP contribution in [0, 0.1) is 0 Å². The van der Waals surface area contributed by atoms with Gasteiger partial charge < -0.3 is 10.2 Å². The fourth-order valence-electron chi connectivity index (χ4n) is 1.02. The minimum atomic E-state index is -1.01. The summed E-state index contributed by atoms with van der Waals surface area (Å²) >= 11 is 3.24. The highest BCUT2D eigenvalue weighted by molar-refractivity contribution is 9.10. The van der Waals surface area contributed by atoms with Gasteiger partial charge in [0.2, 0.25) is 0 Å². The molecular formula is C9H9BrO3. The highest BCUT2D eigenvalue weighted by Gasteiger charge is 2.17. The Morgan fingerprint density at radius 3 is 2.31 bits per heavy atom. The Bertz CT molecular complexity index is 294. The second-order valence-electron chi connectivity index (χ2n) is 2.62. The van der Waals surface area contributed by atoms with Crippen molar-refractivity contribution >= 4 is 21.9 Å². The van der Waals surface area contributed by atoms with Crippen LogP contribution in [-0.4, -0.2) is 22.8 Å². The number of aliphatic carboxylic acids is 1. The standard InChI is InChI=1S/C9H9BrO3/c10-7-3-1-6(2-4-7)8(5-11)9(12)13/h1-4,8,11H,5H2,(H,12,13)/t8-/m0/s1. The lowest BCUT2D eigenvalue weighted by Crippen LogP contribution is -2.15. The normalized spacial score (nSPS) is 12.5. The number of carboxylic acids is 1. The van der Waals surface area contributed by atoms with Crippen LogP contribution in [0.5, 0.6) is 0 Å². The van der Waals surface area contributed by atoms with E-state index in [1.807, 2.05) is 0 Å². The van der Waals surface area contributed by atoms with Crippen molar-refractivity contribution in [1.82, 2.24) is 0 Å². The summed E-state index contributed by atoms with van der Waals surface area (Å²) in [4.78, 5) is 10.6. The van der Waals surface area contributed by atoms with Crippen LogP contribution >= 0.6 is 15.9 Å². The van der Waals surface area contributed by atoms with Crippen LogP contribution in [-0.2, 0) is 4.79 Å². The zero-order valence-corrected chi connectivity index (χ0v) is 8.36. The molecule has 0 aromatic heterocycles. The van der Waals surface area contributed by atoms with Gasteiger partial charge in [-0.1, -0.05) is 28.1 Å². The van der Waals surface area contributed by atoms with Gasteiger partial charge in [0, 0.05) is 4.47 Å². The fourth-order valence-corrected chi connectivity index (χ4v) is 1.29. The third-order valence-electron chi connectivity index (χ3n) is 1.75. The number of halogens is 1. The second-order valence-corrected chi connectivity index (χ2v) is 3.54. The summed E-state index contributed by atoms with van der Waals surface area (Å²) < 4.78 is 0.887. The zero-order chi connectivity index (χ0) is 9.84. The van der Waals surface area contributed by atoms with Gasteiger partial charge in [-0.2, -0.15) is 0 Å². The largest absolute Gasteiger partial charge is 0.481 e. The van der Waals surface area contributed by atoms with Crippen LogP contribution in [0.15, 0.2) is 28.7 Å². The Hall–Kier alpha value is -0.870. The molecule has 13 heavy (non-hydrogen) atoms. The molecule has 0 aliphatic carbocycles. The lowest BCUT2D eigenvalue weighted by molar-refractivity contribution is -0.139. The predicted molar refractivity (Wildman–Crippen MR) is 51.6 cm³/mol. The van der Waals surface area contributed by atoms with Crippen LogP contribution in [0.1, 0.15) is 11.5 Å². The molecule has 0 bridgehead atoms. The number of rotatable bonds is 3. The molecule has 1 atom stereocenters. The lowest BCUT2D eigenvalue weighted by Gasteiger charge is -2.08. The highest BCUT2D eigenvalue weighted by Crippen LogP contribution is 2.18. The Morgan fingerprint density at radius 2 is 1.92 bits per heavy atom. The molecule has 1 rings (SSSR count). The molecule has 0 spiro atoms. The summed E-state index contributed by atoms with van der Waals surface area (Å²) in [7, 11) is 0. The molecule has 0 aliphatic heterocycles. The number of aliphatic hydroxyl groups excluding tert-OH is 1. The van der Waals surface area contributed by atoms with Crippen LogP contribution in [0.25, 0.3) is 0 Å². The highest BCUT2D eigenvalue weighted by atomic mass is 79.9. The van der Waals surface area contributed by atoms with E-state index < -0.39 is 11.9 Å². The Balaban J connectivity index is 2.92. The van der Waals surface area contributed by atoms with Gasteiger partial charge in [-0.3, -0.25) is 4.79 Å². The molecule has 0 saturated heterocycles. The van der Waals surface area contributed by atoms with E-state index in [4.69, 9.17) is 10.2 Å². The molecule has 70 valence electrons. The Labute approximate surface area is 84.1 Å². The van der Waals surface area contributed by atoms with E-state index in [0.29, 0.717) is 5.56 Å². The first-order chi connectivity index (χ1) is 6.15. The Morgan fingerprint density at radius 1 is 1.38 bits per heavy atom. The molecule has 0 aliphatic rings. The minimum absolute atomic E-state index is 0.378. The number of benzene rings is 1. The van der Waals surface area contributed by atoms with Crippen molar-refractivity contribution in [3.63, 3.8) is 0 Å². The van der Waals surface area contributed by atoms with Gasteiger partial charge in [-0.15, -0.1) is 0 Å². The number of hydrogen-bond donors (Lipinski definition) is 2. The maximum absolute atomic E-state index is 10.6. The van der Waals surface area contributed by atoms with Crippen molar-refractivity contribution in [3.05, 3.63) is 34.3 Å².